The van der Waals surface area contributed by atoms with Crippen LogP contribution in [0.25, 0.3) is 0 Å². The third-order valence-corrected chi connectivity index (χ3v) is 4.73. The van der Waals surface area contributed by atoms with Crippen LogP contribution in [-0.2, 0) is 4.79 Å². The summed E-state index contributed by atoms with van der Waals surface area (Å²) in [6.07, 6.45) is 7.85. The lowest BCUT2D eigenvalue weighted by molar-refractivity contribution is -0.124. The minimum absolute atomic E-state index is 0.0177. The summed E-state index contributed by atoms with van der Waals surface area (Å²) in [7, 11) is 1.96. The molecule has 1 aliphatic rings. The molecule has 1 atom stereocenters. The van der Waals surface area contributed by atoms with Gasteiger partial charge in [0.1, 0.15) is 0 Å². The van der Waals surface area contributed by atoms with Crippen molar-refractivity contribution in [2.75, 3.05) is 13.7 Å². The second-order valence-electron chi connectivity index (χ2n) is 6.20. The highest BCUT2D eigenvalue weighted by atomic mass is 16.3. The second kappa shape index (κ2) is 7.25. The molecule has 19 heavy (non-hydrogen) atoms. The molecule has 1 amide bonds. The third kappa shape index (κ3) is 4.77. The minimum atomic E-state index is -0.282. The van der Waals surface area contributed by atoms with E-state index in [-0.39, 0.29) is 23.6 Å². The van der Waals surface area contributed by atoms with Crippen molar-refractivity contribution < 1.29 is 9.90 Å². The van der Waals surface area contributed by atoms with Gasteiger partial charge in [0.25, 0.3) is 0 Å². The Kier molecular flexibility index (Phi) is 6.27. The lowest BCUT2D eigenvalue weighted by atomic mass is 9.79. The maximum absolute atomic E-state index is 12.3. The number of amides is 1. The summed E-state index contributed by atoms with van der Waals surface area (Å²) >= 11 is 0. The molecule has 0 aromatic rings. The van der Waals surface area contributed by atoms with Gasteiger partial charge in [-0.25, -0.2) is 0 Å². The molecule has 0 heterocycles. The van der Waals surface area contributed by atoms with E-state index in [1.165, 1.54) is 19.3 Å². The summed E-state index contributed by atoms with van der Waals surface area (Å²) in [6, 6.07) is 0. The maximum atomic E-state index is 12.3. The van der Waals surface area contributed by atoms with Gasteiger partial charge < -0.3 is 15.7 Å². The number of hydrogen-bond donors (Lipinski definition) is 3. The Bertz CT molecular complexity index is 288. The molecule has 4 heteroatoms. The minimum Gasteiger partial charge on any atom is -0.396 e. The summed E-state index contributed by atoms with van der Waals surface area (Å²) in [6.45, 7) is 4.17. The van der Waals surface area contributed by atoms with Crippen molar-refractivity contribution in [2.45, 2.75) is 76.3 Å². The summed E-state index contributed by atoms with van der Waals surface area (Å²) < 4.78 is 0. The molecular weight excluding hydrogens is 240 g/mol. The van der Waals surface area contributed by atoms with E-state index in [2.05, 4.69) is 10.6 Å². The quantitative estimate of drug-likeness (QED) is 0.663. The first-order chi connectivity index (χ1) is 8.99. The molecule has 4 nitrogen and oxygen atoms in total. The number of carbonyl (C=O) groups excluding carboxylic acids is 1. The third-order valence-electron chi connectivity index (χ3n) is 4.73. The highest BCUT2D eigenvalue weighted by molar-refractivity contribution is 5.78. The molecule has 1 aliphatic carbocycles. The predicted molar refractivity (Wildman–Crippen MR) is 78.0 cm³/mol. The lowest BCUT2D eigenvalue weighted by Crippen LogP contribution is -2.52. The van der Waals surface area contributed by atoms with Crippen LogP contribution >= 0.6 is 0 Å². The lowest BCUT2D eigenvalue weighted by Gasteiger charge is -2.38. The van der Waals surface area contributed by atoms with Gasteiger partial charge in [0.05, 0.1) is 0 Å². The van der Waals surface area contributed by atoms with E-state index in [1.54, 1.807) is 0 Å². The van der Waals surface area contributed by atoms with Crippen LogP contribution in [0.1, 0.15) is 65.2 Å². The zero-order chi connectivity index (χ0) is 14.4. The van der Waals surface area contributed by atoms with Gasteiger partial charge >= 0.3 is 0 Å². The highest BCUT2D eigenvalue weighted by Gasteiger charge is 2.34. The summed E-state index contributed by atoms with van der Waals surface area (Å²) in [5.74, 6) is 0.106. The summed E-state index contributed by atoms with van der Waals surface area (Å²) in [5, 5.41) is 15.6. The molecule has 0 aromatic heterocycles. The first-order valence-electron chi connectivity index (χ1n) is 7.60. The molecule has 0 aliphatic heterocycles. The van der Waals surface area contributed by atoms with E-state index in [0.717, 1.165) is 19.3 Å². The molecule has 0 bridgehead atoms. The molecule has 0 aromatic carbocycles. The number of nitrogens with one attached hydrogen (secondary N) is 2. The Morgan fingerprint density at radius 1 is 1.32 bits per heavy atom. The normalized spacial score (nSPS) is 21.7. The molecular formula is C15H30N2O2. The number of aliphatic hydroxyl groups excluding tert-OH is 1. The van der Waals surface area contributed by atoms with Gasteiger partial charge in [-0.2, -0.15) is 0 Å². The van der Waals surface area contributed by atoms with Crippen LogP contribution in [0, 0.1) is 0 Å². The van der Waals surface area contributed by atoms with E-state index in [0.29, 0.717) is 12.8 Å². The van der Waals surface area contributed by atoms with Gasteiger partial charge in [0.15, 0.2) is 0 Å². The zero-order valence-corrected chi connectivity index (χ0v) is 12.7. The number of aliphatic hydroxyl groups is 1. The van der Waals surface area contributed by atoms with Crippen molar-refractivity contribution in [3.8, 4) is 0 Å². The largest absolute Gasteiger partial charge is 0.396 e. The van der Waals surface area contributed by atoms with Gasteiger partial charge in [0, 0.05) is 24.1 Å². The molecule has 1 fully saturated rings. The van der Waals surface area contributed by atoms with Crippen LogP contribution in [0.5, 0.6) is 0 Å². The average Bonchev–Trinajstić information content (AvgIpc) is 2.39. The summed E-state index contributed by atoms with van der Waals surface area (Å²) in [5.41, 5.74) is -0.300. The smallest absolute Gasteiger partial charge is 0.222 e. The number of carbonyl (C=O) groups is 1. The fraction of sp³-hybridized carbons (Fsp3) is 0.933. The highest BCUT2D eigenvalue weighted by Crippen LogP contribution is 2.31. The van der Waals surface area contributed by atoms with Gasteiger partial charge in [-0.15, -0.1) is 0 Å². The maximum Gasteiger partial charge on any atom is 0.222 e. The van der Waals surface area contributed by atoms with E-state index in [4.69, 9.17) is 5.11 Å². The van der Waals surface area contributed by atoms with Gasteiger partial charge in [0.2, 0.25) is 5.91 Å². The first kappa shape index (κ1) is 16.4. The fourth-order valence-corrected chi connectivity index (χ4v) is 3.01. The molecule has 112 valence electrons. The zero-order valence-electron chi connectivity index (χ0n) is 12.7. The Morgan fingerprint density at radius 2 is 1.95 bits per heavy atom. The van der Waals surface area contributed by atoms with Crippen LogP contribution in [0.15, 0.2) is 0 Å². The van der Waals surface area contributed by atoms with Crippen molar-refractivity contribution in [3.05, 3.63) is 0 Å². The van der Waals surface area contributed by atoms with Crippen molar-refractivity contribution in [2.24, 2.45) is 0 Å². The summed E-state index contributed by atoms with van der Waals surface area (Å²) in [4.78, 5) is 12.3. The molecule has 1 saturated carbocycles. The van der Waals surface area contributed by atoms with Gasteiger partial charge in [-0.1, -0.05) is 26.2 Å². The fourth-order valence-electron chi connectivity index (χ4n) is 3.01. The van der Waals surface area contributed by atoms with Crippen molar-refractivity contribution in [1.29, 1.82) is 0 Å². The van der Waals surface area contributed by atoms with Gasteiger partial charge in [-0.3, -0.25) is 4.79 Å². The Balaban J connectivity index is 2.57. The SMILES string of the molecule is CCC(C)(CCO)NC(=O)CC1(NC)CCCCC1. The van der Waals surface area contributed by atoms with Crippen LogP contribution in [-0.4, -0.2) is 35.7 Å². The van der Waals surface area contributed by atoms with E-state index in [1.807, 2.05) is 20.9 Å². The van der Waals surface area contributed by atoms with Crippen molar-refractivity contribution in [3.63, 3.8) is 0 Å². The molecule has 1 unspecified atom stereocenters. The molecule has 3 N–H and O–H groups in total. The standard InChI is InChI=1S/C15H30N2O2/c1-4-14(2,10-11-18)17-13(19)12-15(16-3)8-6-5-7-9-15/h16,18H,4-12H2,1-3H3,(H,17,19). The predicted octanol–water partition coefficient (Wildman–Crippen LogP) is 1.97. The number of rotatable bonds is 7. The van der Waals surface area contributed by atoms with Crippen LogP contribution in [0.4, 0.5) is 0 Å². The van der Waals surface area contributed by atoms with E-state index in [9.17, 15) is 4.79 Å². The second-order valence-corrected chi connectivity index (χ2v) is 6.20. The van der Waals surface area contributed by atoms with Crippen molar-refractivity contribution >= 4 is 5.91 Å². The molecule has 0 spiro atoms. The van der Waals surface area contributed by atoms with Crippen LogP contribution in [0.3, 0.4) is 0 Å². The Morgan fingerprint density at radius 3 is 2.42 bits per heavy atom. The first-order valence-corrected chi connectivity index (χ1v) is 7.60. The Hall–Kier alpha value is -0.610. The topological polar surface area (TPSA) is 61.4 Å². The number of hydrogen-bond acceptors (Lipinski definition) is 3. The van der Waals surface area contributed by atoms with Crippen LogP contribution < -0.4 is 10.6 Å². The van der Waals surface area contributed by atoms with Crippen LogP contribution in [0.2, 0.25) is 0 Å². The van der Waals surface area contributed by atoms with Crippen molar-refractivity contribution in [1.82, 2.24) is 10.6 Å². The van der Waals surface area contributed by atoms with Gasteiger partial charge in [-0.05, 0) is 39.7 Å². The Labute approximate surface area is 117 Å². The molecule has 0 radical (unpaired) electrons. The molecule has 0 saturated heterocycles. The van der Waals surface area contributed by atoms with E-state index >= 15 is 0 Å². The average molecular weight is 270 g/mol. The van der Waals surface area contributed by atoms with E-state index < -0.39 is 0 Å². The monoisotopic (exact) mass is 270 g/mol. The molecule has 1 rings (SSSR count).